The quantitative estimate of drug-likeness (QED) is 0.755. The molecule has 2 atom stereocenters. The topological polar surface area (TPSA) is 6.48 Å². The zero-order valence-electron chi connectivity index (χ0n) is 14.8. The van der Waals surface area contributed by atoms with Crippen molar-refractivity contribution in [3.05, 3.63) is 84.4 Å². The summed E-state index contributed by atoms with van der Waals surface area (Å²) in [6, 6.07) is 23.2. The van der Waals surface area contributed by atoms with E-state index in [2.05, 4.69) is 90.9 Å². The predicted octanol–water partition coefficient (Wildman–Crippen LogP) is 4.36. The van der Waals surface area contributed by atoms with Gasteiger partial charge in [0.2, 0.25) is 0 Å². The smallest absolute Gasteiger partial charge is 0.0605 e. The molecule has 0 aliphatic carbocycles. The summed E-state index contributed by atoms with van der Waals surface area (Å²) in [6.07, 6.45) is 2.02. The summed E-state index contributed by atoms with van der Waals surface area (Å²) in [5.74, 6) is 0. The number of hydrogen-bond donors (Lipinski definition) is 0. The van der Waals surface area contributed by atoms with Crippen LogP contribution >= 0.6 is 0 Å². The van der Waals surface area contributed by atoms with E-state index in [0.717, 1.165) is 19.6 Å². The molecule has 1 heterocycles. The van der Waals surface area contributed by atoms with Gasteiger partial charge in [0.15, 0.2) is 0 Å². The van der Waals surface area contributed by atoms with Crippen molar-refractivity contribution in [2.24, 2.45) is 0 Å². The fourth-order valence-electron chi connectivity index (χ4n) is 3.85. The van der Waals surface area contributed by atoms with Gasteiger partial charge in [0.1, 0.15) is 0 Å². The van der Waals surface area contributed by atoms with E-state index in [-0.39, 0.29) is 0 Å². The van der Waals surface area contributed by atoms with Gasteiger partial charge in [0, 0.05) is 31.7 Å². The van der Waals surface area contributed by atoms with Gasteiger partial charge in [-0.15, -0.1) is 6.58 Å². The molecule has 0 saturated carbocycles. The molecule has 1 aliphatic heterocycles. The Balaban J connectivity index is 1.93. The number of rotatable bonds is 5. The standard InChI is InChI=1S/C22H28N2/c1-4-15-23-16-19(3)24(17-18(23)2)22(20-11-7-5-8-12-20)21-13-9-6-10-14-21/h4-14,18-19,22H,1,15-17H2,2-3H3/t18-,19+/m1/s1. The Morgan fingerprint density at radius 3 is 1.96 bits per heavy atom. The molecule has 0 amide bonds. The molecule has 1 saturated heterocycles. The van der Waals surface area contributed by atoms with Crippen molar-refractivity contribution in [1.82, 2.24) is 9.80 Å². The number of nitrogens with zero attached hydrogens (tertiary/aromatic N) is 2. The fourth-order valence-corrected chi connectivity index (χ4v) is 3.85. The molecular weight excluding hydrogens is 292 g/mol. The first-order chi connectivity index (χ1) is 11.7. The molecule has 3 rings (SSSR count). The second-order valence-corrected chi connectivity index (χ2v) is 6.86. The molecule has 0 radical (unpaired) electrons. The van der Waals surface area contributed by atoms with E-state index >= 15 is 0 Å². The van der Waals surface area contributed by atoms with Gasteiger partial charge in [-0.2, -0.15) is 0 Å². The minimum absolute atomic E-state index is 0.315. The second kappa shape index (κ2) is 7.78. The van der Waals surface area contributed by atoms with Crippen molar-refractivity contribution in [2.45, 2.75) is 32.0 Å². The average Bonchev–Trinajstić information content (AvgIpc) is 2.61. The number of benzene rings is 2. The maximum Gasteiger partial charge on any atom is 0.0605 e. The first kappa shape index (κ1) is 16.9. The molecule has 2 aromatic rings. The van der Waals surface area contributed by atoms with Crippen molar-refractivity contribution >= 4 is 0 Å². The highest BCUT2D eigenvalue weighted by molar-refractivity contribution is 5.32. The largest absolute Gasteiger partial charge is 0.294 e. The Morgan fingerprint density at radius 2 is 1.46 bits per heavy atom. The van der Waals surface area contributed by atoms with Crippen LogP contribution in [0.4, 0.5) is 0 Å². The molecule has 2 nitrogen and oxygen atoms in total. The lowest BCUT2D eigenvalue weighted by Crippen LogP contribution is -2.57. The van der Waals surface area contributed by atoms with E-state index in [1.165, 1.54) is 11.1 Å². The molecule has 24 heavy (non-hydrogen) atoms. The highest BCUT2D eigenvalue weighted by Crippen LogP contribution is 2.32. The van der Waals surface area contributed by atoms with Crippen molar-refractivity contribution in [3.8, 4) is 0 Å². The minimum Gasteiger partial charge on any atom is -0.294 e. The van der Waals surface area contributed by atoms with Gasteiger partial charge in [-0.1, -0.05) is 66.7 Å². The van der Waals surface area contributed by atoms with Crippen LogP contribution in [0.3, 0.4) is 0 Å². The van der Waals surface area contributed by atoms with Crippen LogP contribution in [0.25, 0.3) is 0 Å². The lowest BCUT2D eigenvalue weighted by Gasteiger charge is -2.47. The SMILES string of the molecule is C=CCN1C[C@H](C)N(C(c2ccccc2)c2ccccc2)C[C@H]1C. The van der Waals surface area contributed by atoms with Crippen LogP contribution in [-0.2, 0) is 0 Å². The van der Waals surface area contributed by atoms with E-state index in [9.17, 15) is 0 Å². The zero-order valence-corrected chi connectivity index (χ0v) is 14.8. The zero-order chi connectivity index (χ0) is 16.9. The Hall–Kier alpha value is -1.90. The van der Waals surface area contributed by atoms with E-state index in [1.807, 2.05) is 6.08 Å². The van der Waals surface area contributed by atoms with Gasteiger partial charge >= 0.3 is 0 Å². The summed E-state index contributed by atoms with van der Waals surface area (Å²) in [7, 11) is 0. The molecule has 0 N–H and O–H groups in total. The molecule has 126 valence electrons. The lowest BCUT2D eigenvalue weighted by molar-refractivity contribution is 0.0307. The molecule has 1 aliphatic rings. The average molecular weight is 320 g/mol. The van der Waals surface area contributed by atoms with Crippen LogP contribution in [0, 0.1) is 0 Å². The fraction of sp³-hybridized carbons (Fsp3) is 0.364. The monoisotopic (exact) mass is 320 g/mol. The Bertz CT molecular complexity index is 598. The summed E-state index contributed by atoms with van der Waals surface area (Å²) in [5, 5.41) is 0. The first-order valence-electron chi connectivity index (χ1n) is 8.91. The summed E-state index contributed by atoms with van der Waals surface area (Å²) in [5.41, 5.74) is 2.75. The third-order valence-corrected chi connectivity index (χ3v) is 5.09. The Morgan fingerprint density at radius 1 is 0.917 bits per heavy atom. The van der Waals surface area contributed by atoms with Gasteiger partial charge in [-0.3, -0.25) is 9.80 Å². The number of piperazine rings is 1. The maximum absolute atomic E-state index is 3.91. The first-order valence-corrected chi connectivity index (χ1v) is 8.91. The third-order valence-electron chi connectivity index (χ3n) is 5.09. The van der Waals surface area contributed by atoms with Gasteiger partial charge in [0.25, 0.3) is 0 Å². The normalized spacial score (nSPS) is 22.6. The van der Waals surface area contributed by atoms with E-state index in [1.54, 1.807) is 0 Å². The molecular formula is C22H28N2. The van der Waals surface area contributed by atoms with Gasteiger partial charge in [-0.05, 0) is 25.0 Å². The van der Waals surface area contributed by atoms with Crippen LogP contribution in [0.1, 0.15) is 31.0 Å². The van der Waals surface area contributed by atoms with Crippen LogP contribution in [0.5, 0.6) is 0 Å². The molecule has 2 aromatic carbocycles. The van der Waals surface area contributed by atoms with Crippen LogP contribution in [0.2, 0.25) is 0 Å². The van der Waals surface area contributed by atoms with Crippen molar-refractivity contribution < 1.29 is 0 Å². The highest BCUT2D eigenvalue weighted by atomic mass is 15.3. The Labute approximate surface area is 146 Å². The Kier molecular flexibility index (Phi) is 5.49. The molecule has 0 bridgehead atoms. The minimum atomic E-state index is 0.315. The van der Waals surface area contributed by atoms with Crippen LogP contribution in [0.15, 0.2) is 73.3 Å². The molecule has 1 fully saturated rings. The third kappa shape index (κ3) is 3.61. The summed E-state index contributed by atoms with van der Waals surface area (Å²) >= 11 is 0. The van der Waals surface area contributed by atoms with Gasteiger partial charge < -0.3 is 0 Å². The van der Waals surface area contributed by atoms with Gasteiger partial charge in [-0.25, -0.2) is 0 Å². The van der Waals surface area contributed by atoms with E-state index < -0.39 is 0 Å². The summed E-state index contributed by atoms with van der Waals surface area (Å²) in [4.78, 5) is 5.19. The van der Waals surface area contributed by atoms with E-state index in [4.69, 9.17) is 0 Å². The molecule has 2 heteroatoms. The summed E-state index contributed by atoms with van der Waals surface area (Å²) < 4.78 is 0. The van der Waals surface area contributed by atoms with Gasteiger partial charge in [0.05, 0.1) is 6.04 Å². The maximum atomic E-state index is 3.91. The predicted molar refractivity (Wildman–Crippen MR) is 102 cm³/mol. The highest BCUT2D eigenvalue weighted by Gasteiger charge is 2.34. The van der Waals surface area contributed by atoms with Crippen molar-refractivity contribution in [2.75, 3.05) is 19.6 Å². The van der Waals surface area contributed by atoms with Crippen molar-refractivity contribution in [1.29, 1.82) is 0 Å². The van der Waals surface area contributed by atoms with E-state index in [0.29, 0.717) is 18.1 Å². The lowest BCUT2D eigenvalue weighted by atomic mass is 9.93. The van der Waals surface area contributed by atoms with Crippen LogP contribution in [-0.4, -0.2) is 41.5 Å². The number of hydrogen-bond acceptors (Lipinski definition) is 2. The molecule has 0 aromatic heterocycles. The van der Waals surface area contributed by atoms with Crippen LogP contribution < -0.4 is 0 Å². The summed E-state index contributed by atoms with van der Waals surface area (Å²) in [6.45, 7) is 11.7. The van der Waals surface area contributed by atoms with Crippen molar-refractivity contribution in [3.63, 3.8) is 0 Å². The molecule has 0 unspecified atom stereocenters. The molecule has 0 spiro atoms. The second-order valence-electron chi connectivity index (χ2n) is 6.86.